The molecule has 1 aliphatic carbocycles. The molecule has 0 N–H and O–H groups in total. The summed E-state index contributed by atoms with van der Waals surface area (Å²) in [5.74, 6) is 0.479. The molecule has 0 atom stereocenters. The van der Waals surface area contributed by atoms with E-state index in [1.54, 1.807) is 0 Å². The van der Waals surface area contributed by atoms with E-state index in [9.17, 15) is 9.59 Å². The predicted molar refractivity (Wildman–Crippen MR) is 65.4 cm³/mol. The van der Waals surface area contributed by atoms with E-state index in [2.05, 4.69) is 15.9 Å². The van der Waals surface area contributed by atoms with Crippen LogP contribution in [0.15, 0.2) is 28.7 Å². The van der Waals surface area contributed by atoms with Gasteiger partial charge in [0.05, 0.1) is 0 Å². The minimum absolute atomic E-state index is 0.0244. The lowest BCUT2D eigenvalue weighted by Gasteiger charge is -2.20. The van der Waals surface area contributed by atoms with Crippen molar-refractivity contribution >= 4 is 27.5 Å². The number of hydrogen-bond donors (Lipinski definition) is 0. The fraction of sp³-hybridized carbons (Fsp3) is 0.385. The van der Waals surface area contributed by atoms with Crippen molar-refractivity contribution in [2.45, 2.75) is 25.7 Å². The second kappa shape index (κ2) is 4.91. The topological polar surface area (TPSA) is 34.1 Å². The molecule has 1 aromatic rings. The summed E-state index contributed by atoms with van der Waals surface area (Å²) in [6.07, 6.45) is 2.53. The summed E-state index contributed by atoms with van der Waals surface area (Å²) >= 11 is 3.39. The number of ketones is 2. The molecular formula is C13H13BrO2. The fourth-order valence-electron chi connectivity index (χ4n) is 2.08. The highest BCUT2D eigenvalue weighted by Crippen LogP contribution is 2.27. The van der Waals surface area contributed by atoms with E-state index < -0.39 is 0 Å². The highest BCUT2D eigenvalue weighted by atomic mass is 79.9. The summed E-state index contributed by atoms with van der Waals surface area (Å²) in [5, 5.41) is 0. The van der Waals surface area contributed by atoms with Crippen LogP contribution in [0, 0.1) is 5.92 Å². The molecule has 0 heterocycles. The molecule has 1 saturated carbocycles. The molecule has 0 spiro atoms. The van der Waals surface area contributed by atoms with E-state index in [-0.39, 0.29) is 17.5 Å². The minimum atomic E-state index is 0.0244. The maximum absolute atomic E-state index is 12.2. The first-order valence-electron chi connectivity index (χ1n) is 5.49. The van der Waals surface area contributed by atoms with Gasteiger partial charge in [0.25, 0.3) is 0 Å². The highest BCUT2D eigenvalue weighted by molar-refractivity contribution is 9.10. The average molecular weight is 281 g/mol. The normalized spacial score (nSPS) is 17.4. The van der Waals surface area contributed by atoms with Gasteiger partial charge in [-0.2, -0.15) is 0 Å². The fourth-order valence-corrected chi connectivity index (χ4v) is 2.56. The van der Waals surface area contributed by atoms with Gasteiger partial charge < -0.3 is 0 Å². The van der Waals surface area contributed by atoms with Crippen molar-refractivity contribution in [3.63, 3.8) is 0 Å². The third kappa shape index (κ3) is 2.40. The molecule has 0 aromatic heterocycles. The first-order chi connectivity index (χ1) is 7.68. The number of halogens is 1. The van der Waals surface area contributed by atoms with Gasteiger partial charge in [0.15, 0.2) is 5.78 Å². The first kappa shape index (κ1) is 11.5. The molecule has 0 unspecified atom stereocenters. The van der Waals surface area contributed by atoms with E-state index in [1.807, 2.05) is 24.3 Å². The molecule has 1 aliphatic rings. The first-order valence-corrected chi connectivity index (χ1v) is 6.28. The molecule has 1 aromatic carbocycles. The van der Waals surface area contributed by atoms with Crippen molar-refractivity contribution < 1.29 is 9.59 Å². The Labute approximate surface area is 103 Å². The summed E-state index contributed by atoms with van der Waals surface area (Å²) < 4.78 is 0.844. The molecule has 2 nitrogen and oxygen atoms in total. The van der Waals surface area contributed by atoms with Gasteiger partial charge in [0, 0.05) is 28.8 Å². The third-order valence-electron chi connectivity index (χ3n) is 3.05. The SMILES string of the molecule is O=C1CCC(C(=O)c2ccccc2Br)CC1. The Hall–Kier alpha value is -0.960. The number of carbonyl (C=O) groups excluding carboxylic acids is 2. The Morgan fingerprint density at radius 1 is 1.19 bits per heavy atom. The van der Waals surface area contributed by atoms with Crippen molar-refractivity contribution in [1.29, 1.82) is 0 Å². The Balaban J connectivity index is 2.14. The Bertz CT molecular complexity index is 416. The van der Waals surface area contributed by atoms with Crippen molar-refractivity contribution in [3.8, 4) is 0 Å². The Kier molecular flexibility index (Phi) is 3.54. The molecule has 2 rings (SSSR count). The summed E-state index contributed by atoms with van der Waals surface area (Å²) in [4.78, 5) is 23.3. The van der Waals surface area contributed by atoms with Crippen LogP contribution in [0.4, 0.5) is 0 Å². The number of Topliss-reactive ketones (excluding diaryl/α,β-unsaturated/α-hetero) is 2. The van der Waals surface area contributed by atoms with Gasteiger partial charge in [-0.15, -0.1) is 0 Å². The Morgan fingerprint density at radius 3 is 2.44 bits per heavy atom. The molecule has 84 valence electrons. The van der Waals surface area contributed by atoms with E-state index in [1.165, 1.54) is 0 Å². The second-order valence-electron chi connectivity index (χ2n) is 4.16. The van der Waals surface area contributed by atoms with Gasteiger partial charge in [-0.1, -0.05) is 34.1 Å². The molecule has 0 aliphatic heterocycles. The van der Waals surface area contributed by atoms with Crippen molar-refractivity contribution in [1.82, 2.24) is 0 Å². The largest absolute Gasteiger partial charge is 0.300 e. The molecule has 0 amide bonds. The number of benzene rings is 1. The van der Waals surface area contributed by atoms with Crippen LogP contribution in [0.25, 0.3) is 0 Å². The van der Waals surface area contributed by atoms with Crippen LogP contribution in [0.2, 0.25) is 0 Å². The molecule has 0 bridgehead atoms. The van der Waals surface area contributed by atoms with Crippen LogP contribution in [0.3, 0.4) is 0 Å². The maximum atomic E-state index is 12.2. The van der Waals surface area contributed by atoms with Gasteiger partial charge >= 0.3 is 0 Å². The van der Waals surface area contributed by atoms with Crippen molar-refractivity contribution in [2.75, 3.05) is 0 Å². The number of rotatable bonds is 2. The average Bonchev–Trinajstić information content (AvgIpc) is 2.30. The third-order valence-corrected chi connectivity index (χ3v) is 3.74. The zero-order chi connectivity index (χ0) is 11.5. The van der Waals surface area contributed by atoms with Gasteiger partial charge in [-0.05, 0) is 18.9 Å². The van der Waals surface area contributed by atoms with Crippen molar-refractivity contribution in [2.24, 2.45) is 5.92 Å². The van der Waals surface area contributed by atoms with Crippen LogP contribution in [0.5, 0.6) is 0 Å². The minimum Gasteiger partial charge on any atom is -0.300 e. The summed E-state index contributed by atoms with van der Waals surface area (Å²) in [6.45, 7) is 0. The van der Waals surface area contributed by atoms with Crippen LogP contribution < -0.4 is 0 Å². The molecule has 3 heteroatoms. The zero-order valence-electron chi connectivity index (χ0n) is 8.91. The van der Waals surface area contributed by atoms with E-state index in [0.29, 0.717) is 25.7 Å². The molecule has 1 fully saturated rings. The predicted octanol–water partition coefficient (Wildman–Crippen LogP) is 3.39. The molecular weight excluding hydrogens is 268 g/mol. The van der Waals surface area contributed by atoms with Crippen molar-refractivity contribution in [3.05, 3.63) is 34.3 Å². The summed E-state index contributed by atoms with van der Waals surface area (Å²) in [6, 6.07) is 7.47. The monoisotopic (exact) mass is 280 g/mol. The zero-order valence-corrected chi connectivity index (χ0v) is 10.5. The van der Waals surface area contributed by atoms with Gasteiger partial charge in [0.1, 0.15) is 5.78 Å². The van der Waals surface area contributed by atoms with Gasteiger partial charge in [-0.25, -0.2) is 0 Å². The summed E-state index contributed by atoms with van der Waals surface area (Å²) in [7, 11) is 0. The lowest BCUT2D eigenvalue weighted by atomic mass is 9.83. The number of carbonyl (C=O) groups is 2. The van der Waals surface area contributed by atoms with E-state index >= 15 is 0 Å². The highest BCUT2D eigenvalue weighted by Gasteiger charge is 2.26. The summed E-state index contributed by atoms with van der Waals surface area (Å²) in [5.41, 5.74) is 0.738. The quantitative estimate of drug-likeness (QED) is 0.779. The van der Waals surface area contributed by atoms with Crippen LogP contribution in [-0.2, 0) is 4.79 Å². The lowest BCUT2D eigenvalue weighted by molar-refractivity contribution is -0.120. The molecule has 0 radical (unpaired) electrons. The smallest absolute Gasteiger partial charge is 0.167 e. The van der Waals surface area contributed by atoms with Crippen LogP contribution in [0.1, 0.15) is 36.0 Å². The standard InChI is InChI=1S/C13H13BrO2/c14-12-4-2-1-3-11(12)13(16)9-5-7-10(15)8-6-9/h1-4,9H,5-8H2. The van der Waals surface area contributed by atoms with Crippen LogP contribution in [-0.4, -0.2) is 11.6 Å². The van der Waals surface area contributed by atoms with E-state index in [0.717, 1.165) is 10.0 Å². The van der Waals surface area contributed by atoms with E-state index in [4.69, 9.17) is 0 Å². The van der Waals surface area contributed by atoms with Crippen LogP contribution >= 0.6 is 15.9 Å². The maximum Gasteiger partial charge on any atom is 0.167 e. The Morgan fingerprint density at radius 2 is 1.81 bits per heavy atom. The van der Waals surface area contributed by atoms with Gasteiger partial charge in [0.2, 0.25) is 0 Å². The lowest BCUT2D eigenvalue weighted by Crippen LogP contribution is -2.22. The van der Waals surface area contributed by atoms with Gasteiger partial charge in [-0.3, -0.25) is 9.59 Å². The molecule has 0 saturated heterocycles. The number of hydrogen-bond acceptors (Lipinski definition) is 2. The molecule has 16 heavy (non-hydrogen) atoms. The second-order valence-corrected chi connectivity index (χ2v) is 5.01.